The van der Waals surface area contributed by atoms with E-state index in [1.54, 1.807) is 0 Å². The molecular formula is C25H49NO3. The van der Waals surface area contributed by atoms with Gasteiger partial charge in [0, 0.05) is 13.1 Å². The van der Waals surface area contributed by atoms with Crippen molar-refractivity contribution in [2.75, 3.05) is 53.2 Å². The van der Waals surface area contributed by atoms with Gasteiger partial charge < -0.3 is 19.1 Å². The summed E-state index contributed by atoms with van der Waals surface area (Å²) < 4.78 is 18.1. The third kappa shape index (κ3) is 7.79. The van der Waals surface area contributed by atoms with Crippen LogP contribution in [0.25, 0.3) is 0 Å². The SMILES string of the molecule is CC(C)CN(C)CCOCCOCCOC12CC(C)CC(C(C)C)(CC(C)C1)C2. The molecule has 2 unspecified atom stereocenters. The van der Waals surface area contributed by atoms with Crippen molar-refractivity contribution in [3.05, 3.63) is 0 Å². The highest BCUT2D eigenvalue weighted by molar-refractivity contribution is 5.04. The van der Waals surface area contributed by atoms with Gasteiger partial charge >= 0.3 is 0 Å². The summed E-state index contributed by atoms with van der Waals surface area (Å²) in [4.78, 5) is 2.33. The van der Waals surface area contributed by atoms with Crippen molar-refractivity contribution in [2.45, 2.75) is 79.2 Å². The molecule has 0 spiro atoms. The summed E-state index contributed by atoms with van der Waals surface area (Å²) in [5, 5.41) is 0. The lowest BCUT2D eigenvalue weighted by atomic mass is 9.51. The minimum atomic E-state index is 0.0838. The Morgan fingerprint density at radius 1 is 0.828 bits per heavy atom. The highest BCUT2D eigenvalue weighted by Gasteiger charge is 2.53. The van der Waals surface area contributed by atoms with Crippen LogP contribution in [-0.4, -0.2) is 63.7 Å². The van der Waals surface area contributed by atoms with E-state index in [-0.39, 0.29) is 5.60 Å². The molecule has 4 heteroatoms. The van der Waals surface area contributed by atoms with Gasteiger partial charge in [-0.15, -0.1) is 0 Å². The second-order valence-corrected chi connectivity index (χ2v) is 11.1. The number of fused-ring (bicyclic) bond motifs is 2. The van der Waals surface area contributed by atoms with Gasteiger partial charge in [-0.1, -0.05) is 41.5 Å². The summed E-state index contributed by atoms with van der Waals surface area (Å²) in [5.74, 6) is 2.97. The van der Waals surface area contributed by atoms with E-state index < -0.39 is 0 Å². The van der Waals surface area contributed by atoms with Crippen LogP contribution in [0, 0.1) is 29.1 Å². The maximum absolute atomic E-state index is 6.58. The fourth-order valence-electron chi connectivity index (χ4n) is 6.32. The summed E-state index contributed by atoms with van der Waals surface area (Å²) in [7, 11) is 2.16. The minimum Gasteiger partial charge on any atom is -0.378 e. The van der Waals surface area contributed by atoms with Gasteiger partial charge in [0.25, 0.3) is 0 Å². The average molecular weight is 412 g/mol. The summed E-state index contributed by atoms with van der Waals surface area (Å²) in [5.41, 5.74) is 0.563. The van der Waals surface area contributed by atoms with Crippen LogP contribution in [0.1, 0.15) is 73.6 Å². The molecule has 0 aliphatic heterocycles. The highest BCUT2D eigenvalue weighted by Crippen LogP contribution is 2.59. The van der Waals surface area contributed by atoms with Crippen LogP contribution in [-0.2, 0) is 14.2 Å². The van der Waals surface area contributed by atoms with Gasteiger partial charge in [-0.25, -0.2) is 0 Å². The maximum Gasteiger partial charge on any atom is 0.0708 e. The Bertz CT molecular complexity index is 451. The number of hydrogen-bond donors (Lipinski definition) is 0. The summed E-state index contributed by atoms with van der Waals surface area (Å²) in [6.07, 6.45) is 6.44. The van der Waals surface area contributed by atoms with Gasteiger partial charge in [-0.05, 0) is 68.2 Å². The van der Waals surface area contributed by atoms with E-state index in [2.05, 4.69) is 53.5 Å². The molecule has 2 rings (SSSR count). The third-order valence-corrected chi connectivity index (χ3v) is 7.15. The van der Waals surface area contributed by atoms with Crippen molar-refractivity contribution in [2.24, 2.45) is 29.1 Å². The molecular weight excluding hydrogens is 362 g/mol. The molecule has 2 bridgehead atoms. The lowest BCUT2D eigenvalue weighted by Crippen LogP contribution is -2.53. The van der Waals surface area contributed by atoms with Crippen molar-refractivity contribution >= 4 is 0 Å². The van der Waals surface area contributed by atoms with Crippen LogP contribution >= 0.6 is 0 Å². The van der Waals surface area contributed by atoms with Crippen LogP contribution in [0.4, 0.5) is 0 Å². The molecule has 2 aliphatic rings. The lowest BCUT2D eigenvalue weighted by Gasteiger charge is -2.58. The fourth-order valence-corrected chi connectivity index (χ4v) is 6.32. The summed E-state index contributed by atoms with van der Waals surface area (Å²) in [6.45, 7) is 19.8. The number of hydrogen-bond acceptors (Lipinski definition) is 4. The molecule has 0 aromatic heterocycles. The fraction of sp³-hybridized carbons (Fsp3) is 1.00. The predicted octanol–water partition coefficient (Wildman–Crippen LogP) is 5.26. The average Bonchev–Trinajstić information content (AvgIpc) is 2.58. The normalized spacial score (nSPS) is 32.5. The molecule has 0 saturated heterocycles. The third-order valence-electron chi connectivity index (χ3n) is 7.15. The Labute approximate surface area is 181 Å². The maximum atomic E-state index is 6.58. The first-order valence-electron chi connectivity index (χ1n) is 12.1. The van der Waals surface area contributed by atoms with Crippen molar-refractivity contribution in [1.82, 2.24) is 4.90 Å². The Kier molecular flexibility index (Phi) is 9.92. The second-order valence-electron chi connectivity index (χ2n) is 11.1. The van der Waals surface area contributed by atoms with E-state index in [9.17, 15) is 0 Å². The topological polar surface area (TPSA) is 30.9 Å². The molecule has 0 amide bonds. The summed E-state index contributed by atoms with van der Waals surface area (Å²) >= 11 is 0. The first-order chi connectivity index (χ1) is 13.7. The monoisotopic (exact) mass is 411 g/mol. The number of ether oxygens (including phenoxy) is 3. The van der Waals surface area contributed by atoms with Crippen molar-refractivity contribution in [3.63, 3.8) is 0 Å². The van der Waals surface area contributed by atoms with E-state index in [4.69, 9.17) is 14.2 Å². The van der Waals surface area contributed by atoms with E-state index in [1.165, 1.54) is 32.1 Å². The van der Waals surface area contributed by atoms with Crippen LogP contribution in [0.3, 0.4) is 0 Å². The Morgan fingerprint density at radius 3 is 1.93 bits per heavy atom. The molecule has 2 saturated carbocycles. The first kappa shape index (κ1) is 25.1. The molecule has 0 aromatic carbocycles. The molecule has 0 aromatic rings. The first-order valence-corrected chi connectivity index (χ1v) is 12.1. The zero-order valence-electron chi connectivity index (χ0n) is 20.5. The molecule has 4 nitrogen and oxygen atoms in total. The zero-order valence-corrected chi connectivity index (χ0v) is 20.5. The molecule has 0 radical (unpaired) electrons. The number of likely N-dealkylation sites (N-methyl/N-ethyl adjacent to an activating group) is 1. The largest absolute Gasteiger partial charge is 0.378 e. The van der Waals surface area contributed by atoms with Gasteiger partial charge in [0.15, 0.2) is 0 Å². The van der Waals surface area contributed by atoms with Crippen LogP contribution in [0.2, 0.25) is 0 Å². The van der Waals surface area contributed by atoms with E-state index in [0.717, 1.165) is 37.5 Å². The Hall–Kier alpha value is -0.160. The van der Waals surface area contributed by atoms with Gasteiger partial charge in [0.05, 0.1) is 38.6 Å². The van der Waals surface area contributed by atoms with Crippen LogP contribution in [0.5, 0.6) is 0 Å². The van der Waals surface area contributed by atoms with Crippen molar-refractivity contribution < 1.29 is 14.2 Å². The minimum absolute atomic E-state index is 0.0838. The molecule has 0 N–H and O–H groups in total. The van der Waals surface area contributed by atoms with Gasteiger partial charge in [0.1, 0.15) is 0 Å². The molecule has 0 heterocycles. The Morgan fingerprint density at radius 2 is 1.38 bits per heavy atom. The standard InChI is InChI=1S/C25H49NO3/c1-20(2)18-26(7)8-9-27-10-11-28-12-13-29-25-16-22(5)14-24(19-25,21(3)4)15-23(6)17-25/h20-23H,8-19H2,1-7H3. The van der Waals surface area contributed by atoms with Gasteiger partial charge in [-0.2, -0.15) is 0 Å². The smallest absolute Gasteiger partial charge is 0.0708 e. The lowest BCUT2D eigenvalue weighted by molar-refractivity contribution is -0.176. The quantitative estimate of drug-likeness (QED) is 0.387. The van der Waals surface area contributed by atoms with E-state index in [1.807, 2.05) is 0 Å². The molecule has 172 valence electrons. The Balaban J connectivity index is 1.63. The van der Waals surface area contributed by atoms with Crippen LogP contribution < -0.4 is 0 Å². The van der Waals surface area contributed by atoms with Gasteiger partial charge in [-0.3, -0.25) is 0 Å². The molecule has 29 heavy (non-hydrogen) atoms. The highest BCUT2D eigenvalue weighted by atomic mass is 16.5. The van der Waals surface area contributed by atoms with E-state index in [0.29, 0.717) is 37.8 Å². The predicted molar refractivity (Wildman–Crippen MR) is 121 cm³/mol. The number of rotatable bonds is 13. The van der Waals surface area contributed by atoms with Crippen molar-refractivity contribution in [3.8, 4) is 0 Å². The molecule has 2 fully saturated rings. The number of nitrogens with zero attached hydrogens (tertiary/aromatic N) is 1. The summed E-state index contributed by atoms with van der Waals surface area (Å²) in [6, 6.07) is 0. The molecule has 2 aliphatic carbocycles. The van der Waals surface area contributed by atoms with E-state index >= 15 is 0 Å². The zero-order chi connectivity index (χ0) is 21.5. The van der Waals surface area contributed by atoms with Crippen LogP contribution in [0.15, 0.2) is 0 Å². The molecule has 2 atom stereocenters. The van der Waals surface area contributed by atoms with Crippen molar-refractivity contribution in [1.29, 1.82) is 0 Å². The van der Waals surface area contributed by atoms with Gasteiger partial charge in [0.2, 0.25) is 0 Å². The second kappa shape index (κ2) is 11.5.